The molecular weight excluding hydrogens is 625 g/mol. The predicted octanol–water partition coefficient (Wildman–Crippen LogP) is 7.44. The van der Waals surface area contributed by atoms with Crippen molar-refractivity contribution in [2.75, 3.05) is 0 Å². The first-order valence-corrected chi connectivity index (χ1v) is 18.4. The number of nitriles is 3. The molecule has 232 valence electrons. The van der Waals surface area contributed by atoms with Gasteiger partial charge in [-0.05, 0) is 69.3 Å². The molecule has 0 saturated carbocycles. The lowest BCUT2D eigenvalue weighted by Crippen LogP contribution is -2.74. The van der Waals surface area contributed by atoms with E-state index >= 15 is 0 Å². The molecule has 0 fully saturated rings. The molecule has 0 radical (unpaired) electrons. The molecule has 0 aliphatic carbocycles. The van der Waals surface area contributed by atoms with Gasteiger partial charge in [0.25, 0.3) is 0 Å². The van der Waals surface area contributed by atoms with Gasteiger partial charge >= 0.3 is 0 Å². The third kappa shape index (κ3) is 4.80. The Morgan fingerprint density at radius 2 is 0.980 bits per heavy atom. The highest BCUT2D eigenvalue weighted by molar-refractivity contribution is 7.19. The number of aromatic nitrogens is 1. The summed E-state index contributed by atoms with van der Waals surface area (Å²) in [7, 11) is -2.86. The van der Waals surface area contributed by atoms with Crippen molar-refractivity contribution >= 4 is 50.6 Å². The Labute approximate surface area is 291 Å². The van der Waals surface area contributed by atoms with Crippen LogP contribution in [-0.2, 0) is 0 Å². The van der Waals surface area contributed by atoms with Gasteiger partial charge in [0.1, 0.15) is 0 Å². The number of rotatable bonds is 6. The van der Waals surface area contributed by atoms with Crippen molar-refractivity contribution in [2.45, 2.75) is 0 Å². The molecule has 1 aromatic heterocycles. The van der Waals surface area contributed by atoms with Crippen molar-refractivity contribution < 1.29 is 0 Å². The van der Waals surface area contributed by atoms with Gasteiger partial charge in [-0.2, -0.15) is 15.8 Å². The summed E-state index contributed by atoms with van der Waals surface area (Å²) < 4.78 is 2.16. The van der Waals surface area contributed by atoms with E-state index in [-0.39, 0.29) is 0 Å². The zero-order chi connectivity index (χ0) is 34.1. The van der Waals surface area contributed by atoms with E-state index in [4.69, 9.17) is 0 Å². The first-order chi connectivity index (χ1) is 24.7. The summed E-state index contributed by atoms with van der Waals surface area (Å²) in [5.74, 6) is 0. The molecule has 0 aliphatic rings. The average Bonchev–Trinajstić information content (AvgIpc) is 3.52. The summed E-state index contributed by atoms with van der Waals surface area (Å²) in [4.78, 5) is 0. The quantitative estimate of drug-likeness (QED) is 0.138. The predicted molar refractivity (Wildman–Crippen MR) is 204 cm³/mol. The van der Waals surface area contributed by atoms with Crippen LogP contribution in [0.2, 0.25) is 0 Å². The van der Waals surface area contributed by atoms with Crippen molar-refractivity contribution in [3.63, 3.8) is 0 Å². The molecule has 0 bridgehead atoms. The molecule has 0 aliphatic heterocycles. The third-order valence-electron chi connectivity index (χ3n) is 9.67. The Balaban J connectivity index is 1.37. The number of nitrogens with zero attached hydrogens (tertiary/aromatic N) is 4. The Morgan fingerprint density at radius 1 is 0.400 bits per heavy atom. The molecule has 7 aromatic carbocycles. The van der Waals surface area contributed by atoms with E-state index in [1.165, 1.54) is 15.6 Å². The van der Waals surface area contributed by atoms with Crippen molar-refractivity contribution in [2.24, 2.45) is 0 Å². The lowest BCUT2D eigenvalue weighted by Gasteiger charge is -2.34. The largest absolute Gasteiger partial charge is 0.309 e. The highest BCUT2D eigenvalue weighted by atomic mass is 28.3. The molecule has 0 spiro atoms. The van der Waals surface area contributed by atoms with Gasteiger partial charge in [0.05, 0.1) is 45.9 Å². The summed E-state index contributed by atoms with van der Waals surface area (Å²) in [6, 6.07) is 64.9. The second-order valence-electron chi connectivity index (χ2n) is 12.3. The molecular formula is C45H28N4Si. The molecule has 8 aromatic rings. The van der Waals surface area contributed by atoms with Gasteiger partial charge in [-0.1, -0.05) is 121 Å². The monoisotopic (exact) mass is 652 g/mol. The Kier molecular flexibility index (Phi) is 7.63. The molecule has 5 heteroatoms. The van der Waals surface area contributed by atoms with Gasteiger partial charge < -0.3 is 4.57 Å². The third-order valence-corrected chi connectivity index (χ3v) is 14.4. The zero-order valence-corrected chi connectivity index (χ0v) is 28.0. The van der Waals surface area contributed by atoms with Crippen molar-refractivity contribution in [3.8, 4) is 35.0 Å². The SMILES string of the molecule is N#Cc1ccc2c(c1)c1ccccc1n2-c1ccc(C#N)c(-c2ccc([Si](c3ccccc3)(c3ccccc3)c3ccccc3)cc2C#N)c1. The number of hydrogen-bond donors (Lipinski definition) is 0. The summed E-state index contributed by atoms with van der Waals surface area (Å²) in [6.45, 7) is 0. The van der Waals surface area contributed by atoms with Crippen LogP contribution in [0.3, 0.4) is 0 Å². The molecule has 0 unspecified atom stereocenters. The van der Waals surface area contributed by atoms with E-state index in [1.807, 2.05) is 78.9 Å². The first-order valence-electron chi connectivity index (χ1n) is 16.4. The Bertz CT molecular complexity index is 2580. The fourth-order valence-electron chi connectivity index (χ4n) is 7.48. The maximum absolute atomic E-state index is 10.8. The van der Waals surface area contributed by atoms with Crippen molar-refractivity contribution in [1.29, 1.82) is 15.8 Å². The van der Waals surface area contributed by atoms with Crippen LogP contribution in [0.4, 0.5) is 0 Å². The van der Waals surface area contributed by atoms with Gasteiger partial charge in [-0.25, -0.2) is 0 Å². The van der Waals surface area contributed by atoms with Crippen LogP contribution < -0.4 is 20.7 Å². The topological polar surface area (TPSA) is 76.3 Å². The van der Waals surface area contributed by atoms with E-state index in [2.05, 4.69) is 114 Å². The summed E-state index contributed by atoms with van der Waals surface area (Å²) in [5, 5.41) is 37.5. The number of benzene rings is 7. The molecule has 0 saturated heterocycles. The van der Waals surface area contributed by atoms with E-state index in [0.29, 0.717) is 27.8 Å². The molecule has 8 rings (SSSR count). The molecule has 4 nitrogen and oxygen atoms in total. The van der Waals surface area contributed by atoms with Crippen LogP contribution in [0.5, 0.6) is 0 Å². The molecule has 50 heavy (non-hydrogen) atoms. The fraction of sp³-hybridized carbons (Fsp3) is 0. The van der Waals surface area contributed by atoms with Crippen LogP contribution in [0, 0.1) is 34.0 Å². The fourth-order valence-corrected chi connectivity index (χ4v) is 12.3. The summed E-state index contributed by atoms with van der Waals surface area (Å²) in [5.41, 5.74) is 5.82. The van der Waals surface area contributed by atoms with Gasteiger partial charge in [0, 0.05) is 27.6 Å². The van der Waals surface area contributed by atoms with Crippen LogP contribution in [0.15, 0.2) is 170 Å². The minimum atomic E-state index is -2.86. The lowest BCUT2D eigenvalue weighted by molar-refractivity contribution is 1.18. The van der Waals surface area contributed by atoms with E-state index in [9.17, 15) is 15.8 Å². The van der Waals surface area contributed by atoms with E-state index in [1.54, 1.807) is 0 Å². The van der Waals surface area contributed by atoms with Crippen LogP contribution in [0.25, 0.3) is 38.6 Å². The van der Waals surface area contributed by atoms with Crippen LogP contribution in [0.1, 0.15) is 16.7 Å². The van der Waals surface area contributed by atoms with Crippen molar-refractivity contribution in [3.05, 3.63) is 187 Å². The van der Waals surface area contributed by atoms with Crippen LogP contribution >= 0.6 is 0 Å². The number of hydrogen-bond acceptors (Lipinski definition) is 3. The Hall–Kier alpha value is -6.97. The maximum atomic E-state index is 10.8. The van der Waals surface area contributed by atoms with Gasteiger partial charge in [-0.15, -0.1) is 0 Å². The second kappa shape index (κ2) is 12.6. The summed E-state index contributed by atoms with van der Waals surface area (Å²) in [6.07, 6.45) is 0. The van der Waals surface area contributed by atoms with Gasteiger partial charge in [0.15, 0.2) is 8.07 Å². The number of fused-ring (bicyclic) bond motifs is 3. The van der Waals surface area contributed by atoms with Crippen molar-refractivity contribution in [1.82, 2.24) is 4.57 Å². The molecule has 0 N–H and O–H groups in total. The van der Waals surface area contributed by atoms with Gasteiger partial charge in [0.2, 0.25) is 0 Å². The minimum Gasteiger partial charge on any atom is -0.309 e. The smallest absolute Gasteiger partial charge is 0.179 e. The number of para-hydroxylation sites is 1. The van der Waals surface area contributed by atoms with E-state index < -0.39 is 8.07 Å². The lowest BCUT2D eigenvalue weighted by atomic mass is 9.95. The molecule has 1 heterocycles. The minimum absolute atomic E-state index is 0.489. The normalized spacial score (nSPS) is 11.1. The Morgan fingerprint density at radius 3 is 1.58 bits per heavy atom. The highest BCUT2D eigenvalue weighted by Gasteiger charge is 2.41. The molecule has 0 amide bonds. The van der Waals surface area contributed by atoms with Gasteiger partial charge in [-0.3, -0.25) is 0 Å². The average molecular weight is 653 g/mol. The highest BCUT2D eigenvalue weighted by Crippen LogP contribution is 2.35. The first kappa shape index (κ1) is 30.4. The summed E-state index contributed by atoms with van der Waals surface area (Å²) >= 11 is 0. The van der Waals surface area contributed by atoms with Crippen LogP contribution in [-0.4, -0.2) is 12.6 Å². The zero-order valence-electron chi connectivity index (χ0n) is 27.0. The second-order valence-corrected chi connectivity index (χ2v) is 16.1. The molecule has 0 atom stereocenters. The standard InChI is InChI=1S/C45H28N4Si/c46-29-32-20-25-45-43(26-32)41-18-10-11-19-44(41)49(45)35-22-21-33(30-47)42(28-35)40-24-23-39(27-34(40)31-48)50(36-12-4-1-5-13-36,37-14-6-2-7-15-37)38-16-8-3-9-17-38/h1-28H. The maximum Gasteiger partial charge on any atom is 0.179 e. The van der Waals surface area contributed by atoms with E-state index in [0.717, 1.165) is 32.7 Å².